The average molecular weight is 232 g/mol. The molecule has 0 aliphatic heterocycles. The summed E-state index contributed by atoms with van der Waals surface area (Å²) >= 11 is 1.55. The maximum atomic E-state index is 13.4. The Morgan fingerprint density at radius 1 is 0.938 bits per heavy atom. The highest BCUT2D eigenvalue weighted by Gasteiger charge is 2.09. The van der Waals surface area contributed by atoms with E-state index in [1.807, 2.05) is 30.3 Å². The molecule has 2 heteroatoms. The highest BCUT2D eigenvalue weighted by molar-refractivity contribution is 7.99. The van der Waals surface area contributed by atoms with Crippen molar-refractivity contribution in [2.24, 2.45) is 0 Å². The Morgan fingerprint density at radius 3 is 2.25 bits per heavy atom. The molecule has 2 rings (SSSR count). The molecule has 0 saturated carbocycles. The van der Waals surface area contributed by atoms with Crippen molar-refractivity contribution in [1.82, 2.24) is 0 Å². The normalized spacial score (nSPS) is 12.4. The first-order chi connectivity index (χ1) is 7.77. The van der Waals surface area contributed by atoms with Crippen molar-refractivity contribution in [3.8, 4) is 0 Å². The third kappa shape index (κ3) is 2.64. The lowest BCUT2D eigenvalue weighted by molar-refractivity contribution is 0.601. The quantitative estimate of drug-likeness (QED) is 0.692. The number of rotatable bonds is 3. The molecular formula is C14H13FS. The molecule has 0 amide bonds. The summed E-state index contributed by atoms with van der Waals surface area (Å²) in [6.07, 6.45) is 0. The van der Waals surface area contributed by atoms with Crippen molar-refractivity contribution in [1.29, 1.82) is 0 Å². The molecule has 0 aliphatic rings. The zero-order valence-corrected chi connectivity index (χ0v) is 9.88. The maximum absolute atomic E-state index is 13.4. The van der Waals surface area contributed by atoms with Gasteiger partial charge in [-0.1, -0.05) is 42.5 Å². The molecule has 0 aromatic heterocycles. The predicted octanol–water partition coefficient (Wildman–Crippen LogP) is 4.68. The van der Waals surface area contributed by atoms with Gasteiger partial charge in [-0.3, -0.25) is 0 Å². The van der Waals surface area contributed by atoms with E-state index in [2.05, 4.69) is 19.1 Å². The topological polar surface area (TPSA) is 0 Å². The molecular weight excluding hydrogens is 219 g/mol. The Balaban J connectivity index is 2.14. The predicted molar refractivity (Wildman–Crippen MR) is 67.1 cm³/mol. The summed E-state index contributed by atoms with van der Waals surface area (Å²) in [6.45, 7) is 2.09. The summed E-state index contributed by atoms with van der Waals surface area (Å²) in [6, 6.07) is 17.0. The number of thioether (sulfide) groups is 1. The zero-order valence-electron chi connectivity index (χ0n) is 9.06. The molecule has 0 aliphatic carbocycles. The van der Waals surface area contributed by atoms with Crippen molar-refractivity contribution in [3.63, 3.8) is 0 Å². The smallest absolute Gasteiger partial charge is 0.136 e. The van der Waals surface area contributed by atoms with Crippen LogP contribution in [-0.4, -0.2) is 0 Å². The molecule has 2 aromatic carbocycles. The highest BCUT2D eigenvalue weighted by Crippen LogP contribution is 2.35. The third-order valence-electron chi connectivity index (χ3n) is 2.41. The number of hydrogen-bond acceptors (Lipinski definition) is 1. The van der Waals surface area contributed by atoms with Gasteiger partial charge in [0.2, 0.25) is 0 Å². The summed E-state index contributed by atoms with van der Waals surface area (Å²) < 4.78 is 13.4. The minimum Gasteiger partial charge on any atom is -0.206 e. The number of halogens is 1. The van der Waals surface area contributed by atoms with Crippen LogP contribution in [0.2, 0.25) is 0 Å². The SMILES string of the molecule is CC(Sc1ccccc1F)c1ccccc1. The zero-order chi connectivity index (χ0) is 11.4. The van der Waals surface area contributed by atoms with Crippen LogP contribution in [0.25, 0.3) is 0 Å². The van der Waals surface area contributed by atoms with Crippen molar-refractivity contribution in [2.75, 3.05) is 0 Å². The Kier molecular flexibility index (Phi) is 3.62. The number of benzene rings is 2. The van der Waals surface area contributed by atoms with Crippen LogP contribution in [0.5, 0.6) is 0 Å². The van der Waals surface area contributed by atoms with Crippen molar-refractivity contribution in [2.45, 2.75) is 17.1 Å². The fraction of sp³-hybridized carbons (Fsp3) is 0.143. The monoisotopic (exact) mass is 232 g/mol. The molecule has 2 aromatic rings. The van der Waals surface area contributed by atoms with E-state index in [1.54, 1.807) is 17.8 Å². The molecule has 82 valence electrons. The van der Waals surface area contributed by atoms with Crippen LogP contribution in [0, 0.1) is 5.82 Å². The molecule has 16 heavy (non-hydrogen) atoms. The van der Waals surface area contributed by atoms with Crippen LogP contribution in [0.4, 0.5) is 4.39 Å². The molecule has 1 atom stereocenters. The second-order valence-corrected chi connectivity index (χ2v) is 4.98. The lowest BCUT2D eigenvalue weighted by Gasteiger charge is -2.11. The van der Waals surface area contributed by atoms with E-state index < -0.39 is 0 Å². The van der Waals surface area contributed by atoms with Crippen LogP contribution in [0.15, 0.2) is 59.5 Å². The first-order valence-corrected chi connectivity index (χ1v) is 6.11. The van der Waals surface area contributed by atoms with E-state index in [4.69, 9.17) is 0 Å². The molecule has 0 radical (unpaired) electrons. The van der Waals surface area contributed by atoms with E-state index in [0.717, 1.165) is 0 Å². The minimum absolute atomic E-state index is 0.143. The molecule has 0 bridgehead atoms. The summed E-state index contributed by atoms with van der Waals surface area (Å²) in [4.78, 5) is 0.707. The van der Waals surface area contributed by atoms with Gasteiger partial charge in [-0.2, -0.15) is 0 Å². The fourth-order valence-electron chi connectivity index (χ4n) is 1.52. The van der Waals surface area contributed by atoms with Gasteiger partial charge >= 0.3 is 0 Å². The maximum Gasteiger partial charge on any atom is 0.136 e. The van der Waals surface area contributed by atoms with Crippen LogP contribution in [0.1, 0.15) is 17.7 Å². The highest BCUT2D eigenvalue weighted by atomic mass is 32.2. The Bertz CT molecular complexity index is 453. The van der Waals surface area contributed by atoms with Crippen molar-refractivity contribution < 1.29 is 4.39 Å². The molecule has 1 unspecified atom stereocenters. The summed E-state index contributed by atoms with van der Waals surface area (Å²) in [5.74, 6) is -0.143. The van der Waals surface area contributed by atoms with Gasteiger partial charge < -0.3 is 0 Å². The van der Waals surface area contributed by atoms with Gasteiger partial charge in [0.15, 0.2) is 0 Å². The first kappa shape index (κ1) is 11.2. The largest absolute Gasteiger partial charge is 0.206 e. The Hall–Kier alpha value is -1.28. The lowest BCUT2D eigenvalue weighted by Crippen LogP contribution is -1.89. The van der Waals surface area contributed by atoms with Crippen molar-refractivity contribution in [3.05, 3.63) is 66.0 Å². The second kappa shape index (κ2) is 5.17. The van der Waals surface area contributed by atoms with Gasteiger partial charge in [0.25, 0.3) is 0 Å². The van der Waals surface area contributed by atoms with Gasteiger partial charge in [0, 0.05) is 10.1 Å². The van der Waals surface area contributed by atoms with Gasteiger partial charge in [-0.05, 0) is 24.6 Å². The molecule has 0 spiro atoms. The standard InChI is InChI=1S/C14H13FS/c1-11(12-7-3-2-4-8-12)16-14-10-6-5-9-13(14)15/h2-11H,1H3. The second-order valence-electron chi connectivity index (χ2n) is 3.60. The summed E-state index contributed by atoms with van der Waals surface area (Å²) in [5, 5.41) is 0.262. The third-order valence-corrected chi connectivity index (χ3v) is 3.62. The molecule has 0 saturated heterocycles. The van der Waals surface area contributed by atoms with Gasteiger partial charge in [0.1, 0.15) is 5.82 Å². The molecule has 0 nitrogen and oxygen atoms in total. The van der Waals surface area contributed by atoms with E-state index >= 15 is 0 Å². The van der Waals surface area contributed by atoms with Crippen molar-refractivity contribution >= 4 is 11.8 Å². The van der Waals surface area contributed by atoms with Gasteiger partial charge in [0.05, 0.1) is 0 Å². The van der Waals surface area contributed by atoms with Gasteiger partial charge in [-0.15, -0.1) is 11.8 Å². The first-order valence-electron chi connectivity index (χ1n) is 5.23. The summed E-state index contributed by atoms with van der Waals surface area (Å²) in [7, 11) is 0. The molecule has 0 N–H and O–H groups in total. The van der Waals surface area contributed by atoms with E-state index in [0.29, 0.717) is 4.90 Å². The van der Waals surface area contributed by atoms with E-state index in [9.17, 15) is 4.39 Å². The van der Waals surface area contributed by atoms with E-state index in [1.165, 1.54) is 11.6 Å². The van der Waals surface area contributed by atoms with Crippen LogP contribution in [-0.2, 0) is 0 Å². The van der Waals surface area contributed by atoms with E-state index in [-0.39, 0.29) is 11.1 Å². The minimum atomic E-state index is -0.143. The summed E-state index contributed by atoms with van der Waals surface area (Å²) in [5.41, 5.74) is 1.22. The Labute approximate surface area is 99.5 Å². The van der Waals surface area contributed by atoms with Crippen LogP contribution < -0.4 is 0 Å². The lowest BCUT2D eigenvalue weighted by atomic mass is 10.2. The van der Waals surface area contributed by atoms with Crippen LogP contribution >= 0.6 is 11.8 Å². The molecule has 0 fully saturated rings. The Morgan fingerprint density at radius 2 is 1.56 bits per heavy atom. The average Bonchev–Trinajstić information content (AvgIpc) is 2.33. The van der Waals surface area contributed by atoms with Crippen LogP contribution in [0.3, 0.4) is 0 Å². The van der Waals surface area contributed by atoms with Gasteiger partial charge in [-0.25, -0.2) is 4.39 Å². The molecule has 0 heterocycles. The number of hydrogen-bond donors (Lipinski definition) is 0. The fourth-order valence-corrected chi connectivity index (χ4v) is 2.53.